The van der Waals surface area contributed by atoms with E-state index in [2.05, 4.69) is 33.0 Å². The van der Waals surface area contributed by atoms with Crippen molar-refractivity contribution in [1.82, 2.24) is 5.32 Å². The highest BCUT2D eigenvalue weighted by atomic mass is 14.9. The summed E-state index contributed by atoms with van der Waals surface area (Å²) in [6.07, 6.45) is 12.3. The minimum Gasteiger partial charge on any atom is -0.312 e. The molecule has 0 saturated carbocycles. The zero-order chi connectivity index (χ0) is 12.3. The van der Waals surface area contributed by atoms with E-state index in [4.69, 9.17) is 0 Å². The predicted molar refractivity (Wildman–Crippen MR) is 75.0 cm³/mol. The van der Waals surface area contributed by atoms with Crippen molar-refractivity contribution in [2.75, 3.05) is 6.54 Å². The lowest BCUT2D eigenvalue weighted by Gasteiger charge is -2.26. The molecule has 0 fully saturated rings. The molecule has 0 aliphatic rings. The second-order valence-electron chi connectivity index (χ2n) is 5.68. The van der Waals surface area contributed by atoms with Gasteiger partial charge in [-0.1, -0.05) is 58.8 Å². The summed E-state index contributed by atoms with van der Waals surface area (Å²) in [5.74, 6) is 0. The van der Waals surface area contributed by atoms with Crippen molar-refractivity contribution < 1.29 is 0 Å². The van der Waals surface area contributed by atoms with Crippen LogP contribution in [0.5, 0.6) is 0 Å². The van der Waals surface area contributed by atoms with E-state index >= 15 is 0 Å². The Bertz CT molecular complexity index is 140. The molecule has 0 spiro atoms. The molecule has 1 heteroatoms. The predicted octanol–water partition coefficient (Wildman–Crippen LogP) is 4.91. The number of hydrogen-bond acceptors (Lipinski definition) is 1. The summed E-state index contributed by atoms with van der Waals surface area (Å²) in [6.45, 7) is 10.4. The van der Waals surface area contributed by atoms with Crippen molar-refractivity contribution in [3.05, 3.63) is 0 Å². The van der Waals surface area contributed by atoms with Gasteiger partial charge in [-0.15, -0.1) is 0 Å². The van der Waals surface area contributed by atoms with E-state index in [1.54, 1.807) is 0 Å². The molecule has 0 rings (SSSR count). The Morgan fingerprint density at radius 2 is 1.31 bits per heavy atom. The van der Waals surface area contributed by atoms with Crippen LogP contribution in [-0.4, -0.2) is 12.1 Å². The fraction of sp³-hybridized carbons (Fsp3) is 1.00. The molecular weight excluding hydrogens is 194 g/mol. The van der Waals surface area contributed by atoms with Crippen LogP contribution in [0.1, 0.15) is 85.5 Å². The zero-order valence-electron chi connectivity index (χ0n) is 12.1. The van der Waals surface area contributed by atoms with Gasteiger partial charge in [-0.25, -0.2) is 0 Å². The summed E-state index contributed by atoms with van der Waals surface area (Å²) in [5.41, 5.74) is 0.347. The minimum atomic E-state index is 0.347. The summed E-state index contributed by atoms with van der Waals surface area (Å²) in [4.78, 5) is 0. The van der Waals surface area contributed by atoms with Gasteiger partial charge < -0.3 is 5.32 Å². The normalized spacial score (nSPS) is 12.0. The van der Waals surface area contributed by atoms with Crippen LogP contribution in [0.25, 0.3) is 0 Å². The molecule has 0 amide bonds. The molecule has 0 aromatic rings. The molecule has 0 saturated heterocycles. The molecule has 98 valence electrons. The molecule has 0 atom stereocenters. The smallest absolute Gasteiger partial charge is 0.0125 e. The van der Waals surface area contributed by atoms with Gasteiger partial charge in [-0.2, -0.15) is 0 Å². The fourth-order valence-corrected chi connectivity index (χ4v) is 2.06. The van der Waals surface area contributed by atoms with E-state index in [1.165, 1.54) is 64.3 Å². The Morgan fingerprint density at radius 1 is 0.750 bits per heavy atom. The first-order valence-electron chi connectivity index (χ1n) is 7.37. The van der Waals surface area contributed by atoms with Crippen LogP contribution in [-0.2, 0) is 0 Å². The van der Waals surface area contributed by atoms with E-state index in [9.17, 15) is 0 Å². The first kappa shape index (κ1) is 16.0. The third-order valence-electron chi connectivity index (χ3n) is 3.29. The molecule has 0 radical (unpaired) electrons. The standard InChI is InChI=1S/C15H33N/c1-5-7-9-10-11-13-15(3,4)16-14-12-8-6-2/h16H,5-14H2,1-4H3. The van der Waals surface area contributed by atoms with Crippen molar-refractivity contribution in [3.8, 4) is 0 Å². The van der Waals surface area contributed by atoms with Gasteiger partial charge in [-0.05, 0) is 33.2 Å². The summed E-state index contributed by atoms with van der Waals surface area (Å²) in [6, 6.07) is 0. The highest BCUT2D eigenvalue weighted by Gasteiger charge is 2.15. The lowest BCUT2D eigenvalue weighted by atomic mass is 9.96. The van der Waals surface area contributed by atoms with Gasteiger partial charge in [0.25, 0.3) is 0 Å². The third kappa shape index (κ3) is 10.5. The Hall–Kier alpha value is -0.0400. The van der Waals surface area contributed by atoms with E-state index in [0.717, 1.165) is 0 Å². The average molecular weight is 227 g/mol. The van der Waals surface area contributed by atoms with Crippen molar-refractivity contribution >= 4 is 0 Å². The van der Waals surface area contributed by atoms with Crippen molar-refractivity contribution in [2.24, 2.45) is 0 Å². The summed E-state index contributed by atoms with van der Waals surface area (Å²) >= 11 is 0. The van der Waals surface area contributed by atoms with Crippen LogP contribution >= 0.6 is 0 Å². The van der Waals surface area contributed by atoms with E-state index in [0.29, 0.717) is 5.54 Å². The number of nitrogens with one attached hydrogen (secondary N) is 1. The van der Waals surface area contributed by atoms with Crippen molar-refractivity contribution in [3.63, 3.8) is 0 Å². The van der Waals surface area contributed by atoms with Crippen LogP contribution in [0.2, 0.25) is 0 Å². The largest absolute Gasteiger partial charge is 0.312 e. The second kappa shape index (κ2) is 10.1. The van der Waals surface area contributed by atoms with E-state index < -0.39 is 0 Å². The second-order valence-corrected chi connectivity index (χ2v) is 5.68. The van der Waals surface area contributed by atoms with Crippen LogP contribution in [0.15, 0.2) is 0 Å². The first-order valence-corrected chi connectivity index (χ1v) is 7.37. The minimum absolute atomic E-state index is 0.347. The SMILES string of the molecule is CCCCCCCC(C)(C)NCCCCC. The number of unbranched alkanes of at least 4 members (excludes halogenated alkanes) is 6. The summed E-state index contributed by atoms with van der Waals surface area (Å²) < 4.78 is 0. The molecule has 1 nitrogen and oxygen atoms in total. The molecule has 16 heavy (non-hydrogen) atoms. The quantitative estimate of drug-likeness (QED) is 0.495. The topological polar surface area (TPSA) is 12.0 Å². The average Bonchev–Trinajstić information content (AvgIpc) is 2.24. The van der Waals surface area contributed by atoms with E-state index in [-0.39, 0.29) is 0 Å². The zero-order valence-corrected chi connectivity index (χ0v) is 12.1. The molecule has 0 aliphatic heterocycles. The van der Waals surface area contributed by atoms with Gasteiger partial charge >= 0.3 is 0 Å². The van der Waals surface area contributed by atoms with Gasteiger partial charge in [0.15, 0.2) is 0 Å². The first-order chi connectivity index (χ1) is 7.62. The maximum Gasteiger partial charge on any atom is 0.0125 e. The van der Waals surface area contributed by atoms with E-state index in [1.807, 2.05) is 0 Å². The molecule has 1 N–H and O–H groups in total. The van der Waals surface area contributed by atoms with Gasteiger partial charge in [0.05, 0.1) is 0 Å². The Balaban J connectivity index is 3.38. The molecule has 0 aromatic heterocycles. The van der Waals surface area contributed by atoms with Gasteiger partial charge in [-0.3, -0.25) is 0 Å². The van der Waals surface area contributed by atoms with Crippen molar-refractivity contribution in [2.45, 2.75) is 91.0 Å². The van der Waals surface area contributed by atoms with Crippen LogP contribution < -0.4 is 5.32 Å². The highest BCUT2D eigenvalue weighted by molar-refractivity contribution is 4.76. The maximum atomic E-state index is 3.68. The van der Waals surface area contributed by atoms with Crippen LogP contribution in [0, 0.1) is 0 Å². The fourth-order valence-electron chi connectivity index (χ4n) is 2.06. The Morgan fingerprint density at radius 3 is 1.94 bits per heavy atom. The Labute approximate surface area is 103 Å². The molecule has 0 bridgehead atoms. The summed E-state index contributed by atoms with van der Waals surface area (Å²) in [5, 5.41) is 3.68. The molecule has 0 unspecified atom stereocenters. The lowest BCUT2D eigenvalue weighted by molar-refractivity contribution is 0.344. The lowest BCUT2D eigenvalue weighted by Crippen LogP contribution is -2.39. The van der Waals surface area contributed by atoms with Gasteiger partial charge in [0, 0.05) is 5.54 Å². The van der Waals surface area contributed by atoms with Crippen molar-refractivity contribution in [1.29, 1.82) is 0 Å². The number of rotatable bonds is 11. The highest BCUT2D eigenvalue weighted by Crippen LogP contribution is 2.15. The Kier molecular flexibility index (Phi) is 10.1. The molecular formula is C15H33N. The van der Waals surface area contributed by atoms with Crippen LogP contribution in [0.3, 0.4) is 0 Å². The third-order valence-corrected chi connectivity index (χ3v) is 3.29. The number of hydrogen-bond donors (Lipinski definition) is 1. The molecule has 0 aromatic carbocycles. The van der Waals surface area contributed by atoms with Gasteiger partial charge in [0.1, 0.15) is 0 Å². The molecule has 0 heterocycles. The maximum absolute atomic E-state index is 3.68. The summed E-state index contributed by atoms with van der Waals surface area (Å²) in [7, 11) is 0. The van der Waals surface area contributed by atoms with Crippen LogP contribution in [0.4, 0.5) is 0 Å². The molecule has 0 aliphatic carbocycles. The monoisotopic (exact) mass is 227 g/mol. The van der Waals surface area contributed by atoms with Gasteiger partial charge in [0.2, 0.25) is 0 Å².